The van der Waals surface area contributed by atoms with Gasteiger partial charge in [-0.25, -0.2) is 0 Å². The van der Waals surface area contributed by atoms with Gasteiger partial charge in [0.1, 0.15) is 0 Å². The average Bonchev–Trinajstić information content (AvgIpc) is 2.26. The second kappa shape index (κ2) is 5.00. The van der Waals surface area contributed by atoms with Crippen LogP contribution in [0.1, 0.15) is 38.7 Å². The normalized spacial score (nSPS) is 23.9. The maximum absolute atomic E-state index is 10.4. The predicted octanol–water partition coefficient (Wildman–Crippen LogP) is 4.47. The Morgan fingerprint density at radius 2 is 1.89 bits per heavy atom. The number of hydrogen-bond donors (Lipinski definition) is 1. The Kier molecular flexibility index (Phi) is 4.01. The fraction of sp³-hybridized carbons (Fsp3) is 0.571. The van der Waals surface area contributed by atoms with E-state index in [4.69, 9.17) is 34.8 Å². The molecule has 0 bridgehead atoms. The van der Waals surface area contributed by atoms with Crippen molar-refractivity contribution in [2.75, 3.05) is 4.90 Å². The van der Waals surface area contributed by atoms with Gasteiger partial charge in [0.15, 0.2) is 6.23 Å². The molecule has 0 saturated heterocycles. The highest BCUT2D eigenvalue weighted by Gasteiger charge is 2.46. The lowest BCUT2D eigenvalue weighted by molar-refractivity contribution is 0.136. The number of aliphatic hydroxyl groups excluding tert-OH is 1. The fourth-order valence-corrected chi connectivity index (χ4v) is 3.31. The van der Waals surface area contributed by atoms with Gasteiger partial charge in [-0.2, -0.15) is 0 Å². The minimum atomic E-state index is -1.75. The van der Waals surface area contributed by atoms with Gasteiger partial charge < -0.3 is 10.0 Å². The summed E-state index contributed by atoms with van der Waals surface area (Å²) in [4.78, 5) is 1.81. The standard InChI is InChI=1S/C14H18Cl3NO/c1-9-8-13(2,3)18(12(19)14(15,16)17)11-7-5-4-6-10(9)11/h4-7,9,12,19H,8H2,1-3H3. The molecule has 2 atom stereocenters. The first-order chi connectivity index (χ1) is 8.64. The highest BCUT2D eigenvalue weighted by atomic mass is 35.6. The van der Waals surface area contributed by atoms with Crippen LogP contribution < -0.4 is 4.90 Å². The first-order valence-corrected chi connectivity index (χ1v) is 7.41. The van der Waals surface area contributed by atoms with Crippen molar-refractivity contribution in [3.63, 3.8) is 0 Å². The maximum atomic E-state index is 10.4. The van der Waals surface area contributed by atoms with E-state index in [-0.39, 0.29) is 5.54 Å². The Morgan fingerprint density at radius 3 is 2.47 bits per heavy atom. The minimum absolute atomic E-state index is 0.281. The minimum Gasteiger partial charge on any atom is -0.369 e. The topological polar surface area (TPSA) is 23.5 Å². The summed E-state index contributed by atoms with van der Waals surface area (Å²) in [7, 11) is 0. The van der Waals surface area contributed by atoms with Crippen LogP contribution in [0.5, 0.6) is 0 Å². The molecule has 0 fully saturated rings. The third kappa shape index (κ3) is 2.82. The Morgan fingerprint density at radius 1 is 1.32 bits per heavy atom. The number of para-hydroxylation sites is 1. The van der Waals surface area contributed by atoms with Gasteiger partial charge in [-0.05, 0) is 37.8 Å². The molecule has 0 saturated carbocycles. The molecule has 0 spiro atoms. The number of benzene rings is 1. The number of halogens is 3. The Balaban J connectivity index is 2.54. The SMILES string of the molecule is CC1CC(C)(C)N(C(O)C(Cl)(Cl)Cl)c2ccccc21. The molecule has 1 aromatic rings. The molecule has 0 aliphatic carbocycles. The largest absolute Gasteiger partial charge is 0.369 e. The Bertz CT molecular complexity index is 470. The number of anilines is 1. The molecule has 1 heterocycles. The van der Waals surface area contributed by atoms with Crippen molar-refractivity contribution in [1.82, 2.24) is 0 Å². The summed E-state index contributed by atoms with van der Waals surface area (Å²) >= 11 is 17.7. The monoisotopic (exact) mass is 321 g/mol. The summed E-state index contributed by atoms with van der Waals surface area (Å²) in [6.45, 7) is 6.29. The average molecular weight is 323 g/mol. The molecule has 1 aliphatic heterocycles. The number of aliphatic hydroxyl groups is 1. The second-order valence-corrected chi connectivity index (χ2v) is 8.13. The molecule has 1 aliphatic rings. The van der Waals surface area contributed by atoms with Crippen LogP contribution in [0.3, 0.4) is 0 Å². The van der Waals surface area contributed by atoms with Gasteiger partial charge in [0.2, 0.25) is 3.79 Å². The van der Waals surface area contributed by atoms with Gasteiger partial charge in [-0.1, -0.05) is 59.9 Å². The molecule has 2 rings (SSSR count). The second-order valence-electron chi connectivity index (χ2n) is 5.76. The van der Waals surface area contributed by atoms with Crippen LogP contribution in [0.2, 0.25) is 0 Å². The van der Waals surface area contributed by atoms with Crippen molar-refractivity contribution < 1.29 is 5.11 Å². The fourth-order valence-electron chi connectivity index (χ4n) is 3.02. The molecule has 0 amide bonds. The number of nitrogens with zero attached hydrogens (tertiary/aromatic N) is 1. The smallest absolute Gasteiger partial charge is 0.234 e. The van der Waals surface area contributed by atoms with E-state index >= 15 is 0 Å². The molecule has 2 unspecified atom stereocenters. The lowest BCUT2D eigenvalue weighted by Crippen LogP contribution is -2.57. The van der Waals surface area contributed by atoms with Crippen molar-refractivity contribution in [2.45, 2.75) is 48.7 Å². The summed E-state index contributed by atoms with van der Waals surface area (Å²) in [6.07, 6.45) is -0.289. The Hall–Kier alpha value is -0.150. The predicted molar refractivity (Wildman–Crippen MR) is 82.3 cm³/mol. The molecule has 1 aromatic carbocycles. The van der Waals surface area contributed by atoms with Gasteiger partial charge in [-0.15, -0.1) is 0 Å². The van der Waals surface area contributed by atoms with Crippen LogP contribution in [0.25, 0.3) is 0 Å². The molecule has 106 valence electrons. The molecule has 0 aromatic heterocycles. The summed E-state index contributed by atoms with van der Waals surface area (Å²) < 4.78 is -1.75. The van der Waals surface area contributed by atoms with E-state index in [0.717, 1.165) is 12.1 Å². The Labute approximate surface area is 129 Å². The zero-order valence-electron chi connectivity index (χ0n) is 11.2. The highest BCUT2D eigenvalue weighted by molar-refractivity contribution is 6.68. The van der Waals surface area contributed by atoms with Gasteiger partial charge in [-0.3, -0.25) is 0 Å². The summed E-state index contributed by atoms with van der Waals surface area (Å²) in [5.41, 5.74) is 1.83. The number of hydrogen-bond acceptors (Lipinski definition) is 2. The van der Waals surface area contributed by atoms with E-state index < -0.39 is 10.0 Å². The van der Waals surface area contributed by atoms with Crippen LogP contribution in [0.4, 0.5) is 5.69 Å². The number of rotatable bonds is 1. The molecule has 2 nitrogen and oxygen atoms in total. The van der Waals surface area contributed by atoms with Gasteiger partial charge in [0.25, 0.3) is 0 Å². The van der Waals surface area contributed by atoms with E-state index in [0.29, 0.717) is 5.92 Å². The van der Waals surface area contributed by atoms with Crippen LogP contribution in [0, 0.1) is 0 Å². The van der Waals surface area contributed by atoms with Gasteiger partial charge in [0, 0.05) is 11.2 Å². The van der Waals surface area contributed by atoms with Crippen molar-refractivity contribution in [3.05, 3.63) is 29.8 Å². The molecular formula is C14H18Cl3NO. The van der Waals surface area contributed by atoms with E-state index in [1.54, 1.807) is 0 Å². The summed E-state index contributed by atoms with van der Waals surface area (Å²) in [5.74, 6) is 0.407. The zero-order chi connectivity index (χ0) is 14.4. The maximum Gasteiger partial charge on any atom is 0.234 e. The third-order valence-electron chi connectivity index (χ3n) is 3.72. The summed E-state index contributed by atoms with van der Waals surface area (Å²) in [5, 5.41) is 10.4. The van der Waals surface area contributed by atoms with E-state index in [2.05, 4.69) is 26.8 Å². The quantitative estimate of drug-likeness (QED) is 0.771. The van der Waals surface area contributed by atoms with E-state index in [1.165, 1.54) is 5.56 Å². The van der Waals surface area contributed by atoms with Crippen molar-refractivity contribution >= 4 is 40.5 Å². The lowest BCUT2D eigenvalue weighted by Gasteiger charge is -2.50. The molecular weight excluding hydrogens is 305 g/mol. The first kappa shape index (κ1) is 15.2. The molecule has 0 radical (unpaired) electrons. The third-order valence-corrected chi connectivity index (χ3v) is 4.31. The zero-order valence-corrected chi connectivity index (χ0v) is 13.5. The summed E-state index contributed by atoms with van der Waals surface area (Å²) in [6, 6.07) is 7.96. The van der Waals surface area contributed by atoms with E-state index in [1.807, 2.05) is 23.1 Å². The number of fused-ring (bicyclic) bond motifs is 1. The van der Waals surface area contributed by atoms with Crippen LogP contribution in [0.15, 0.2) is 24.3 Å². The van der Waals surface area contributed by atoms with Crippen LogP contribution in [-0.2, 0) is 0 Å². The van der Waals surface area contributed by atoms with Crippen LogP contribution >= 0.6 is 34.8 Å². The van der Waals surface area contributed by atoms with Crippen molar-refractivity contribution in [2.24, 2.45) is 0 Å². The first-order valence-electron chi connectivity index (χ1n) is 6.27. The van der Waals surface area contributed by atoms with Crippen molar-refractivity contribution in [1.29, 1.82) is 0 Å². The molecule has 5 heteroatoms. The van der Waals surface area contributed by atoms with E-state index in [9.17, 15) is 5.11 Å². The number of alkyl halides is 3. The van der Waals surface area contributed by atoms with Crippen LogP contribution in [-0.4, -0.2) is 20.7 Å². The lowest BCUT2D eigenvalue weighted by atomic mass is 9.80. The molecule has 19 heavy (non-hydrogen) atoms. The van der Waals surface area contributed by atoms with Gasteiger partial charge >= 0.3 is 0 Å². The highest BCUT2D eigenvalue weighted by Crippen LogP contribution is 2.47. The molecule has 1 N–H and O–H groups in total. The van der Waals surface area contributed by atoms with Crippen molar-refractivity contribution in [3.8, 4) is 0 Å². The van der Waals surface area contributed by atoms with Gasteiger partial charge in [0.05, 0.1) is 0 Å².